The van der Waals surface area contributed by atoms with E-state index in [2.05, 4.69) is 20.4 Å². The number of alkyl halides is 2. The van der Waals surface area contributed by atoms with Crippen LogP contribution in [0.5, 0.6) is 0 Å². The number of hydrogen-bond donors (Lipinski definition) is 1. The maximum Gasteiger partial charge on any atom is 0.241 e. The lowest BCUT2D eigenvalue weighted by atomic mass is 9.86. The number of anilines is 1. The van der Waals surface area contributed by atoms with Crippen molar-refractivity contribution in [2.24, 2.45) is 13.0 Å². The predicted molar refractivity (Wildman–Crippen MR) is 76.4 cm³/mol. The van der Waals surface area contributed by atoms with Crippen LogP contribution in [0.1, 0.15) is 31.5 Å². The normalized spacial score (nSPS) is 22.9. The summed E-state index contributed by atoms with van der Waals surface area (Å²) < 4.78 is 27.1. The molecular formula is C14H19F2N5. The Hall–Kier alpha value is -1.79. The van der Waals surface area contributed by atoms with Gasteiger partial charge in [0.1, 0.15) is 11.6 Å². The Bertz CT molecular complexity index is 632. The number of nitrogens with zero attached hydrogens (tertiary/aromatic N) is 4. The summed E-state index contributed by atoms with van der Waals surface area (Å²) in [7, 11) is 1.84. The summed E-state index contributed by atoms with van der Waals surface area (Å²) in [5, 5.41) is 8.46. The molecule has 0 unspecified atom stereocenters. The van der Waals surface area contributed by atoms with Crippen LogP contribution in [0.2, 0.25) is 0 Å². The second-order valence-electron chi connectivity index (χ2n) is 5.72. The molecule has 0 amide bonds. The summed E-state index contributed by atoms with van der Waals surface area (Å²) in [5.41, 5.74) is 0.784. The fourth-order valence-electron chi connectivity index (χ4n) is 2.95. The van der Waals surface area contributed by atoms with Crippen molar-refractivity contribution in [3.63, 3.8) is 0 Å². The molecule has 0 spiro atoms. The molecular weight excluding hydrogens is 276 g/mol. The van der Waals surface area contributed by atoms with E-state index in [4.69, 9.17) is 0 Å². The lowest BCUT2D eigenvalue weighted by Gasteiger charge is -2.29. The predicted octanol–water partition coefficient (Wildman–Crippen LogP) is 2.91. The highest BCUT2D eigenvalue weighted by molar-refractivity contribution is 5.86. The van der Waals surface area contributed by atoms with Crippen LogP contribution in [-0.2, 0) is 7.05 Å². The molecule has 114 valence electrons. The van der Waals surface area contributed by atoms with Crippen LogP contribution in [-0.4, -0.2) is 32.2 Å². The van der Waals surface area contributed by atoms with Crippen molar-refractivity contribution in [2.45, 2.75) is 45.1 Å². The Labute approximate surface area is 121 Å². The summed E-state index contributed by atoms with van der Waals surface area (Å²) in [6.45, 7) is 1.84. The molecule has 7 heteroatoms. The average Bonchev–Trinajstić information content (AvgIpc) is 2.81. The van der Waals surface area contributed by atoms with Crippen molar-refractivity contribution in [1.82, 2.24) is 19.7 Å². The quantitative estimate of drug-likeness (QED) is 0.946. The first-order valence-electron chi connectivity index (χ1n) is 7.25. The highest BCUT2D eigenvalue weighted by Gasteiger charge is 2.27. The van der Waals surface area contributed by atoms with Crippen LogP contribution in [0.4, 0.5) is 14.6 Å². The molecule has 0 atom stereocenters. The highest BCUT2D eigenvalue weighted by atomic mass is 19.3. The molecule has 5 nitrogen and oxygen atoms in total. The van der Waals surface area contributed by atoms with E-state index in [1.807, 2.05) is 14.0 Å². The number of halogens is 2. The second-order valence-corrected chi connectivity index (χ2v) is 5.72. The monoisotopic (exact) mass is 295 g/mol. The minimum absolute atomic E-state index is 0.192. The molecule has 2 aromatic heterocycles. The standard InChI is InChI=1S/C14H19F2N5/c1-8-18-13(11-7-17-21(2)14(11)19-8)20-10-5-3-9(4-6-10)12(15)16/h7,9-10,12H,3-6H2,1-2H3,(H,18,19,20). The van der Waals surface area contributed by atoms with Crippen LogP contribution in [0, 0.1) is 12.8 Å². The summed E-state index contributed by atoms with van der Waals surface area (Å²) in [6.07, 6.45) is 2.17. The number of aryl methyl sites for hydroxylation is 2. The zero-order valence-corrected chi connectivity index (χ0v) is 12.2. The lowest BCUT2D eigenvalue weighted by molar-refractivity contribution is 0.0544. The SMILES string of the molecule is Cc1nc(NC2CCC(C(F)F)CC2)c2cnn(C)c2n1. The molecule has 0 aliphatic heterocycles. The first-order valence-corrected chi connectivity index (χ1v) is 7.25. The van der Waals surface area contributed by atoms with E-state index < -0.39 is 12.3 Å². The first kappa shape index (κ1) is 14.2. The summed E-state index contributed by atoms with van der Waals surface area (Å²) in [6, 6.07) is 0.192. The van der Waals surface area contributed by atoms with Gasteiger partial charge >= 0.3 is 0 Å². The Balaban J connectivity index is 1.77. The number of aromatic nitrogens is 4. The van der Waals surface area contributed by atoms with Gasteiger partial charge in [-0.3, -0.25) is 4.68 Å². The zero-order valence-electron chi connectivity index (χ0n) is 12.2. The third kappa shape index (κ3) is 2.82. The van der Waals surface area contributed by atoms with E-state index in [0.717, 1.165) is 29.7 Å². The number of hydrogen-bond acceptors (Lipinski definition) is 4. The van der Waals surface area contributed by atoms with Crippen molar-refractivity contribution < 1.29 is 8.78 Å². The molecule has 2 aromatic rings. The number of rotatable bonds is 3. The molecule has 1 aliphatic rings. The van der Waals surface area contributed by atoms with Gasteiger partial charge in [-0.15, -0.1) is 0 Å². The van der Waals surface area contributed by atoms with Crippen molar-refractivity contribution >= 4 is 16.9 Å². The third-order valence-electron chi connectivity index (χ3n) is 4.17. The minimum Gasteiger partial charge on any atom is -0.367 e. The van der Waals surface area contributed by atoms with Gasteiger partial charge in [-0.2, -0.15) is 5.10 Å². The second kappa shape index (κ2) is 5.54. The van der Waals surface area contributed by atoms with Crippen LogP contribution in [0.25, 0.3) is 11.0 Å². The lowest BCUT2D eigenvalue weighted by Crippen LogP contribution is -2.29. The molecule has 0 radical (unpaired) electrons. The number of fused-ring (bicyclic) bond motifs is 1. The van der Waals surface area contributed by atoms with E-state index in [1.165, 1.54) is 0 Å². The van der Waals surface area contributed by atoms with E-state index >= 15 is 0 Å². The van der Waals surface area contributed by atoms with Crippen LogP contribution in [0.3, 0.4) is 0 Å². The van der Waals surface area contributed by atoms with Gasteiger partial charge in [-0.1, -0.05) is 0 Å². The highest BCUT2D eigenvalue weighted by Crippen LogP contribution is 2.31. The fourth-order valence-corrected chi connectivity index (χ4v) is 2.95. The Kier molecular flexibility index (Phi) is 3.73. The Morgan fingerprint density at radius 1 is 1.24 bits per heavy atom. The van der Waals surface area contributed by atoms with Crippen LogP contribution in [0.15, 0.2) is 6.20 Å². The molecule has 0 saturated heterocycles. The smallest absolute Gasteiger partial charge is 0.241 e. The van der Waals surface area contributed by atoms with Crippen molar-refractivity contribution in [2.75, 3.05) is 5.32 Å². The molecule has 2 heterocycles. The maximum absolute atomic E-state index is 12.7. The van der Waals surface area contributed by atoms with E-state index in [9.17, 15) is 8.78 Å². The largest absolute Gasteiger partial charge is 0.367 e. The minimum atomic E-state index is -2.20. The fraction of sp³-hybridized carbons (Fsp3) is 0.643. The molecule has 1 fully saturated rings. The van der Waals surface area contributed by atoms with E-state index in [-0.39, 0.29) is 6.04 Å². The molecule has 0 aromatic carbocycles. The van der Waals surface area contributed by atoms with Gasteiger partial charge in [0.15, 0.2) is 5.65 Å². The van der Waals surface area contributed by atoms with Crippen molar-refractivity contribution in [1.29, 1.82) is 0 Å². The van der Waals surface area contributed by atoms with Crippen LogP contribution < -0.4 is 5.32 Å². The average molecular weight is 295 g/mol. The van der Waals surface area contributed by atoms with Crippen molar-refractivity contribution in [3.8, 4) is 0 Å². The van der Waals surface area contributed by atoms with Crippen LogP contribution >= 0.6 is 0 Å². The molecule has 21 heavy (non-hydrogen) atoms. The first-order chi connectivity index (χ1) is 10.0. The number of nitrogens with one attached hydrogen (secondary N) is 1. The van der Waals surface area contributed by atoms with Gasteiger partial charge < -0.3 is 5.32 Å². The van der Waals surface area contributed by atoms with Gasteiger partial charge in [0.2, 0.25) is 6.43 Å². The molecule has 1 N–H and O–H groups in total. The van der Waals surface area contributed by atoms with Crippen molar-refractivity contribution in [3.05, 3.63) is 12.0 Å². The van der Waals surface area contributed by atoms with E-state index in [1.54, 1.807) is 10.9 Å². The Morgan fingerprint density at radius 3 is 2.62 bits per heavy atom. The third-order valence-corrected chi connectivity index (χ3v) is 4.17. The maximum atomic E-state index is 12.7. The van der Waals surface area contributed by atoms with Gasteiger partial charge in [0.05, 0.1) is 11.6 Å². The van der Waals surface area contributed by atoms with Gasteiger partial charge in [0, 0.05) is 19.0 Å². The van der Waals surface area contributed by atoms with Gasteiger partial charge in [-0.25, -0.2) is 18.7 Å². The van der Waals surface area contributed by atoms with Gasteiger partial charge in [-0.05, 0) is 32.6 Å². The molecule has 0 bridgehead atoms. The molecule has 3 rings (SSSR count). The summed E-state index contributed by atoms with van der Waals surface area (Å²) in [5.74, 6) is 0.981. The Morgan fingerprint density at radius 2 is 1.95 bits per heavy atom. The van der Waals surface area contributed by atoms with Gasteiger partial charge in [0.25, 0.3) is 0 Å². The zero-order chi connectivity index (χ0) is 15.0. The summed E-state index contributed by atoms with van der Waals surface area (Å²) in [4.78, 5) is 8.81. The summed E-state index contributed by atoms with van der Waals surface area (Å²) >= 11 is 0. The molecule has 1 aliphatic carbocycles. The van der Waals surface area contributed by atoms with E-state index in [0.29, 0.717) is 18.7 Å². The topological polar surface area (TPSA) is 55.6 Å². The molecule has 1 saturated carbocycles.